The average molecular weight is 523 g/mol. The van der Waals surface area contributed by atoms with Crippen LogP contribution in [-0.4, -0.2) is 66.2 Å². The first-order chi connectivity index (χ1) is 12.7. The second kappa shape index (κ2) is 11.2. The van der Waals surface area contributed by atoms with Gasteiger partial charge in [0, 0.05) is 39.1 Å². The number of ether oxygens (including phenoxy) is 1. The Morgan fingerprint density at radius 1 is 1.43 bits per heavy atom. The molecule has 1 saturated heterocycles. The second-order valence-corrected chi connectivity index (χ2v) is 9.12. The van der Waals surface area contributed by atoms with Crippen LogP contribution in [0, 0.1) is 12.8 Å². The molecule has 0 unspecified atom stereocenters. The summed E-state index contributed by atoms with van der Waals surface area (Å²) in [6, 6.07) is 0. The predicted molar refractivity (Wildman–Crippen MR) is 126 cm³/mol. The van der Waals surface area contributed by atoms with Gasteiger partial charge < -0.3 is 19.9 Å². The van der Waals surface area contributed by atoms with Gasteiger partial charge in [0.15, 0.2) is 5.96 Å². The highest BCUT2D eigenvalue weighted by Gasteiger charge is 2.27. The number of thiazole rings is 1. The zero-order chi connectivity index (χ0) is 20.0. The Balaban J connectivity index is 0.00000392. The third-order valence-electron chi connectivity index (χ3n) is 4.45. The van der Waals surface area contributed by atoms with Crippen LogP contribution < -0.4 is 5.32 Å². The number of likely N-dealkylation sites (tertiary alicyclic amines) is 1. The summed E-state index contributed by atoms with van der Waals surface area (Å²) in [5.41, 5.74) is 0.621. The highest BCUT2D eigenvalue weighted by molar-refractivity contribution is 14.0. The van der Waals surface area contributed by atoms with Crippen molar-refractivity contribution in [1.29, 1.82) is 0 Å². The Bertz CT molecular complexity index is 651. The van der Waals surface area contributed by atoms with E-state index < -0.39 is 5.60 Å². The van der Waals surface area contributed by atoms with E-state index in [4.69, 9.17) is 4.74 Å². The molecule has 1 amide bonds. The summed E-state index contributed by atoms with van der Waals surface area (Å²) >= 11 is 1.67. The number of carbonyl (C=O) groups excluding carboxylic acids is 1. The molecule has 2 heterocycles. The highest BCUT2D eigenvalue weighted by Crippen LogP contribution is 2.19. The SMILES string of the molecule is CN=C(NCC1CCN(C(=O)OC(C)(C)C)CC1)N(C)Cc1csc(C)n1.I. The number of amides is 1. The maximum Gasteiger partial charge on any atom is 0.410 e. The molecule has 0 saturated carbocycles. The molecule has 28 heavy (non-hydrogen) atoms. The van der Waals surface area contributed by atoms with Crippen molar-refractivity contribution in [2.75, 3.05) is 33.7 Å². The molecule has 9 heteroatoms. The fourth-order valence-electron chi connectivity index (χ4n) is 3.07. The molecule has 0 bridgehead atoms. The lowest BCUT2D eigenvalue weighted by molar-refractivity contribution is 0.0185. The van der Waals surface area contributed by atoms with E-state index in [9.17, 15) is 4.79 Å². The van der Waals surface area contributed by atoms with Gasteiger partial charge in [-0.3, -0.25) is 4.99 Å². The van der Waals surface area contributed by atoms with Gasteiger partial charge in [-0.2, -0.15) is 0 Å². The lowest BCUT2D eigenvalue weighted by Crippen LogP contribution is -2.45. The van der Waals surface area contributed by atoms with E-state index in [2.05, 4.69) is 25.6 Å². The van der Waals surface area contributed by atoms with Crippen molar-refractivity contribution in [2.24, 2.45) is 10.9 Å². The molecule has 1 aliphatic rings. The van der Waals surface area contributed by atoms with E-state index in [-0.39, 0.29) is 30.1 Å². The van der Waals surface area contributed by atoms with Crippen molar-refractivity contribution in [1.82, 2.24) is 20.1 Å². The summed E-state index contributed by atoms with van der Waals surface area (Å²) in [5.74, 6) is 1.39. The second-order valence-electron chi connectivity index (χ2n) is 8.05. The number of nitrogens with one attached hydrogen (secondary N) is 1. The Morgan fingerprint density at radius 3 is 2.57 bits per heavy atom. The standard InChI is InChI=1S/C19H33N5O2S.HI/c1-14-22-16(13-27-14)12-23(6)17(20-5)21-11-15-7-9-24(10-8-15)18(25)26-19(2,3)4;/h13,15H,7-12H2,1-6H3,(H,20,21);1H. The number of halogens is 1. The van der Waals surface area contributed by atoms with Crippen molar-refractivity contribution >= 4 is 47.4 Å². The van der Waals surface area contributed by atoms with E-state index in [0.29, 0.717) is 5.92 Å². The molecular weight excluding hydrogens is 489 g/mol. The van der Waals surface area contributed by atoms with Gasteiger partial charge in [-0.1, -0.05) is 0 Å². The first-order valence-electron chi connectivity index (χ1n) is 9.48. The van der Waals surface area contributed by atoms with Gasteiger partial charge in [-0.15, -0.1) is 35.3 Å². The summed E-state index contributed by atoms with van der Waals surface area (Å²) in [6.07, 6.45) is 1.74. The molecule has 0 atom stereocenters. The summed E-state index contributed by atoms with van der Waals surface area (Å²) in [4.78, 5) is 24.9. The Labute approximate surface area is 190 Å². The Morgan fingerprint density at radius 2 is 2.07 bits per heavy atom. The van der Waals surface area contributed by atoms with E-state index >= 15 is 0 Å². The van der Waals surface area contributed by atoms with Gasteiger partial charge >= 0.3 is 6.09 Å². The van der Waals surface area contributed by atoms with Crippen molar-refractivity contribution in [2.45, 2.75) is 52.7 Å². The molecule has 1 fully saturated rings. The van der Waals surface area contributed by atoms with E-state index in [1.807, 2.05) is 39.6 Å². The van der Waals surface area contributed by atoms with Gasteiger partial charge in [-0.25, -0.2) is 9.78 Å². The number of nitrogens with zero attached hydrogens (tertiary/aromatic N) is 4. The fourth-order valence-corrected chi connectivity index (χ4v) is 3.67. The average Bonchev–Trinajstić information content (AvgIpc) is 2.99. The normalized spacial score (nSPS) is 15.8. The Hall–Kier alpha value is -1.10. The maximum atomic E-state index is 12.2. The number of piperidine rings is 1. The summed E-state index contributed by atoms with van der Waals surface area (Å²) < 4.78 is 5.46. The van der Waals surface area contributed by atoms with Gasteiger partial charge in [0.2, 0.25) is 0 Å². The lowest BCUT2D eigenvalue weighted by Gasteiger charge is -2.34. The van der Waals surface area contributed by atoms with Crippen molar-refractivity contribution in [3.8, 4) is 0 Å². The van der Waals surface area contributed by atoms with Crippen LogP contribution in [0.3, 0.4) is 0 Å². The van der Waals surface area contributed by atoms with Crippen LogP contribution in [0.5, 0.6) is 0 Å². The first-order valence-corrected chi connectivity index (χ1v) is 10.4. The molecule has 160 valence electrons. The third-order valence-corrected chi connectivity index (χ3v) is 5.28. The monoisotopic (exact) mass is 523 g/mol. The largest absolute Gasteiger partial charge is 0.444 e. The van der Waals surface area contributed by atoms with Crippen LogP contribution in [0.15, 0.2) is 10.4 Å². The van der Waals surface area contributed by atoms with Crippen molar-refractivity contribution in [3.63, 3.8) is 0 Å². The Kier molecular flexibility index (Phi) is 9.96. The number of hydrogen-bond donors (Lipinski definition) is 1. The fraction of sp³-hybridized carbons (Fsp3) is 0.737. The topological polar surface area (TPSA) is 70.1 Å². The number of aromatic nitrogens is 1. The van der Waals surface area contributed by atoms with E-state index in [1.165, 1.54) is 0 Å². The molecule has 0 aromatic carbocycles. The summed E-state index contributed by atoms with van der Waals surface area (Å²) in [6.45, 7) is 10.8. The smallest absolute Gasteiger partial charge is 0.410 e. The van der Waals surface area contributed by atoms with Crippen LogP contribution in [-0.2, 0) is 11.3 Å². The third kappa shape index (κ3) is 8.10. The number of guanidine groups is 1. The summed E-state index contributed by atoms with van der Waals surface area (Å²) in [7, 11) is 3.82. The van der Waals surface area contributed by atoms with Gasteiger partial charge in [0.1, 0.15) is 5.60 Å². The molecule has 1 aromatic heterocycles. The molecule has 2 rings (SSSR count). The number of hydrogen-bond acceptors (Lipinski definition) is 5. The highest BCUT2D eigenvalue weighted by atomic mass is 127. The predicted octanol–water partition coefficient (Wildman–Crippen LogP) is 3.72. The minimum atomic E-state index is -0.442. The van der Waals surface area contributed by atoms with Crippen LogP contribution >= 0.6 is 35.3 Å². The lowest BCUT2D eigenvalue weighted by atomic mass is 9.97. The molecule has 1 aliphatic heterocycles. The molecule has 0 spiro atoms. The minimum Gasteiger partial charge on any atom is -0.444 e. The minimum absolute atomic E-state index is 0. The molecule has 1 aromatic rings. The molecule has 1 N–H and O–H groups in total. The molecule has 7 nitrogen and oxygen atoms in total. The zero-order valence-electron chi connectivity index (χ0n) is 17.8. The van der Waals surface area contributed by atoms with E-state index in [0.717, 1.165) is 55.7 Å². The number of aryl methyl sites for hydroxylation is 1. The quantitative estimate of drug-likeness (QED) is 0.370. The number of rotatable bonds is 4. The van der Waals surface area contributed by atoms with Gasteiger partial charge in [0.05, 0.1) is 17.2 Å². The van der Waals surface area contributed by atoms with Crippen molar-refractivity contribution in [3.05, 3.63) is 16.1 Å². The maximum absolute atomic E-state index is 12.2. The molecular formula is C19H34IN5O2S. The van der Waals surface area contributed by atoms with Crippen LogP contribution in [0.25, 0.3) is 0 Å². The molecule has 0 radical (unpaired) electrons. The number of aliphatic imine (C=N–C) groups is 1. The van der Waals surface area contributed by atoms with Gasteiger partial charge in [0.25, 0.3) is 0 Å². The van der Waals surface area contributed by atoms with Crippen LogP contribution in [0.4, 0.5) is 4.79 Å². The summed E-state index contributed by atoms with van der Waals surface area (Å²) in [5, 5.41) is 6.64. The number of carbonyl (C=O) groups is 1. The van der Waals surface area contributed by atoms with Crippen LogP contribution in [0.2, 0.25) is 0 Å². The van der Waals surface area contributed by atoms with E-state index in [1.54, 1.807) is 18.4 Å². The first kappa shape index (κ1) is 24.9. The zero-order valence-corrected chi connectivity index (χ0v) is 21.0. The van der Waals surface area contributed by atoms with Crippen molar-refractivity contribution < 1.29 is 9.53 Å². The van der Waals surface area contributed by atoms with Gasteiger partial charge in [-0.05, 0) is 46.5 Å². The van der Waals surface area contributed by atoms with Crippen LogP contribution in [0.1, 0.15) is 44.3 Å². The molecule has 0 aliphatic carbocycles.